The van der Waals surface area contributed by atoms with Crippen molar-refractivity contribution in [3.05, 3.63) is 0 Å². The topological polar surface area (TPSA) is 104 Å². The highest BCUT2D eigenvalue weighted by atomic mass is 31.2. The largest absolute Gasteiger partial charge is 0.396 e. The summed E-state index contributed by atoms with van der Waals surface area (Å²) in [5.74, 6) is -0.709. The maximum absolute atomic E-state index is 11.9. The molecule has 3 N–H and O–H groups in total. The Balaban J connectivity index is 4.32. The van der Waals surface area contributed by atoms with Crippen LogP contribution in [-0.2, 0) is 13.7 Å². The average Bonchev–Trinajstić information content (AvgIpc) is 2.01. The zero-order chi connectivity index (χ0) is 11.9. The summed E-state index contributed by atoms with van der Waals surface area (Å²) in [6, 6.07) is 0. The van der Waals surface area contributed by atoms with Crippen molar-refractivity contribution in [2.45, 2.75) is 19.8 Å². The first kappa shape index (κ1) is 15.3. The van der Waals surface area contributed by atoms with E-state index in [1.807, 2.05) is 0 Å². The molecule has 0 amide bonds. The van der Waals surface area contributed by atoms with Crippen LogP contribution in [0.4, 0.5) is 0 Å². The first-order valence-corrected chi connectivity index (χ1v) is 8.50. The smallest absolute Gasteiger partial charge is 0.335 e. The fourth-order valence-electron chi connectivity index (χ4n) is 1.16. The van der Waals surface area contributed by atoms with Crippen LogP contribution in [0.15, 0.2) is 0 Å². The van der Waals surface area contributed by atoms with Crippen LogP contribution >= 0.6 is 15.0 Å². The molecule has 6 nitrogen and oxygen atoms in total. The molecule has 0 fully saturated rings. The Bertz CT molecular complexity index is 260. The summed E-state index contributed by atoms with van der Waals surface area (Å²) >= 11 is 0. The first-order valence-electron chi connectivity index (χ1n) is 4.71. The Morgan fingerprint density at radius 1 is 1.20 bits per heavy atom. The summed E-state index contributed by atoms with van der Waals surface area (Å²) in [4.78, 5) is 17.5. The zero-order valence-electron chi connectivity index (χ0n) is 8.70. The Hall–Kier alpha value is 0.300. The predicted molar refractivity (Wildman–Crippen MR) is 57.3 cm³/mol. The number of hydrogen-bond acceptors (Lipinski definition) is 4. The van der Waals surface area contributed by atoms with Crippen molar-refractivity contribution in [3.8, 4) is 0 Å². The van der Waals surface area contributed by atoms with Gasteiger partial charge in [-0.15, -0.1) is 0 Å². The Kier molecular flexibility index (Phi) is 6.93. The van der Waals surface area contributed by atoms with Gasteiger partial charge in [-0.25, -0.2) is 0 Å². The molecule has 1 atom stereocenters. The van der Waals surface area contributed by atoms with Crippen molar-refractivity contribution in [3.63, 3.8) is 0 Å². The molecule has 0 aromatic carbocycles. The lowest BCUT2D eigenvalue weighted by Gasteiger charge is -2.17. The molecule has 0 rings (SSSR count). The number of unbranched alkanes of at least 4 members (excludes halogenated alkanes) is 1. The third kappa shape index (κ3) is 8.14. The van der Waals surface area contributed by atoms with E-state index < -0.39 is 20.9 Å². The second kappa shape index (κ2) is 6.79. The van der Waals surface area contributed by atoms with Crippen LogP contribution in [0.1, 0.15) is 19.8 Å². The summed E-state index contributed by atoms with van der Waals surface area (Å²) < 4.78 is 27.6. The minimum absolute atomic E-state index is 0.0258. The lowest BCUT2D eigenvalue weighted by atomic mass is 10.4. The van der Waals surface area contributed by atoms with E-state index in [-0.39, 0.29) is 19.4 Å². The van der Waals surface area contributed by atoms with E-state index >= 15 is 0 Å². The number of hydrogen-bond donors (Lipinski definition) is 3. The highest BCUT2D eigenvalue weighted by Crippen LogP contribution is 2.58. The number of aliphatic hydroxyl groups excluding tert-OH is 1. The van der Waals surface area contributed by atoms with Gasteiger partial charge in [-0.3, -0.25) is 9.13 Å². The van der Waals surface area contributed by atoms with E-state index in [1.54, 1.807) is 6.92 Å². The van der Waals surface area contributed by atoms with Gasteiger partial charge in [0.15, 0.2) is 0 Å². The molecule has 0 aliphatic carbocycles. The van der Waals surface area contributed by atoms with Gasteiger partial charge >= 0.3 is 7.60 Å². The molecule has 0 saturated heterocycles. The summed E-state index contributed by atoms with van der Waals surface area (Å²) in [5.41, 5.74) is 0. The average molecular weight is 260 g/mol. The van der Waals surface area contributed by atoms with Gasteiger partial charge in [0.2, 0.25) is 7.37 Å². The van der Waals surface area contributed by atoms with Crippen LogP contribution in [0, 0.1) is 0 Å². The first-order chi connectivity index (χ1) is 6.83. The predicted octanol–water partition coefficient (Wildman–Crippen LogP) is 1.21. The van der Waals surface area contributed by atoms with E-state index in [1.165, 1.54) is 0 Å². The minimum atomic E-state index is -4.32. The molecule has 92 valence electrons. The summed E-state index contributed by atoms with van der Waals surface area (Å²) in [6.45, 7) is 1.76. The maximum atomic E-state index is 11.9. The van der Waals surface area contributed by atoms with Gasteiger partial charge in [-0.05, 0) is 19.8 Å². The monoisotopic (exact) mass is 260 g/mol. The van der Waals surface area contributed by atoms with E-state index in [2.05, 4.69) is 0 Å². The van der Waals surface area contributed by atoms with Gasteiger partial charge < -0.3 is 19.4 Å². The Morgan fingerprint density at radius 2 is 1.80 bits per heavy atom. The molecule has 0 spiro atoms. The lowest BCUT2D eigenvalue weighted by molar-refractivity contribution is 0.285. The number of rotatable bonds is 8. The highest BCUT2D eigenvalue weighted by molar-refractivity contribution is 7.73. The second-order valence-corrected chi connectivity index (χ2v) is 7.99. The van der Waals surface area contributed by atoms with Gasteiger partial charge in [0.05, 0.1) is 6.61 Å². The summed E-state index contributed by atoms with van der Waals surface area (Å²) in [7, 11) is -7.56. The van der Waals surface area contributed by atoms with Crippen LogP contribution in [0.5, 0.6) is 0 Å². The molecule has 15 heavy (non-hydrogen) atoms. The molecule has 8 heteroatoms. The molecule has 0 aromatic rings. The van der Waals surface area contributed by atoms with Crippen LogP contribution in [0.25, 0.3) is 0 Å². The summed E-state index contributed by atoms with van der Waals surface area (Å²) in [5, 5.41) is 8.54. The van der Waals surface area contributed by atoms with Crippen molar-refractivity contribution in [2.75, 3.05) is 25.3 Å². The van der Waals surface area contributed by atoms with Crippen molar-refractivity contribution in [2.24, 2.45) is 0 Å². The number of aliphatic hydroxyl groups is 1. The van der Waals surface area contributed by atoms with E-state index in [9.17, 15) is 9.13 Å². The minimum Gasteiger partial charge on any atom is -0.396 e. The lowest BCUT2D eigenvalue weighted by Crippen LogP contribution is -2.02. The molecular weight excluding hydrogens is 242 g/mol. The zero-order valence-corrected chi connectivity index (χ0v) is 10.5. The SMILES string of the molecule is CCOP(=O)(CCCCO)CP(=O)(O)O. The molecule has 0 radical (unpaired) electrons. The molecule has 0 aromatic heterocycles. The fourth-order valence-corrected chi connectivity index (χ4v) is 5.60. The third-order valence-corrected chi connectivity index (χ3v) is 6.59. The van der Waals surface area contributed by atoms with Gasteiger partial charge in [0.25, 0.3) is 0 Å². The standard InChI is InChI=1S/C7H18O6P2/c1-2-13-14(9,6-4-3-5-8)7-15(10,11)12/h8H,2-7H2,1H3,(H2,10,11,12). The molecule has 1 unspecified atom stereocenters. The maximum Gasteiger partial charge on any atom is 0.335 e. The third-order valence-electron chi connectivity index (χ3n) is 1.67. The van der Waals surface area contributed by atoms with Crippen LogP contribution in [0.3, 0.4) is 0 Å². The van der Waals surface area contributed by atoms with Gasteiger partial charge in [0.1, 0.15) is 5.90 Å². The molecule has 0 aliphatic rings. The van der Waals surface area contributed by atoms with Crippen molar-refractivity contribution in [1.29, 1.82) is 0 Å². The normalized spacial score (nSPS) is 16.3. The highest BCUT2D eigenvalue weighted by Gasteiger charge is 2.31. The van der Waals surface area contributed by atoms with Gasteiger partial charge in [-0.2, -0.15) is 0 Å². The second-order valence-electron chi connectivity index (χ2n) is 3.19. The molecule has 0 heterocycles. The van der Waals surface area contributed by atoms with Crippen molar-refractivity contribution >= 4 is 15.0 Å². The van der Waals surface area contributed by atoms with E-state index in [4.69, 9.17) is 19.4 Å². The van der Waals surface area contributed by atoms with Crippen molar-refractivity contribution < 1.29 is 28.5 Å². The Morgan fingerprint density at radius 3 is 2.20 bits per heavy atom. The molecule has 0 aliphatic heterocycles. The van der Waals surface area contributed by atoms with Gasteiger partial charge in [0, 0.05) is 12.8 Å². The van der Waals surface area contributed by atoms with E-state index in [0.29, 0.717) is 12.8 Å². The van der Waals surface area contributed by atoms with E-state index in [0.717, 1.165) is 0 Å². The molecule has 0 saturated carbocycles. The molecular formula is C7H18O6P2. The van der Waals surface area contributed by atoms with Crippen LogP contribution in [-0.4, -0.2) is 40.2 Å². The molecule has 0 bridgehead atoms. The quantitative estimate of drug-likeness (QED) is 0.447. The van der Waals surface area contributed by atoms with Crippen molar-refractivity contribution in [1.82, 2.24) is 0 Å². The Labute approximate surface area is 89.3 Å². The van der Waals surface area contributed by atoms with Gasteiger partial charge in [-0.1, -0.05) is 0 Å². The van der Waals surface area contributed by atoms with Crippen LogP contribution < -0.4 is 0 Å². The van der Waals surface area contributed by atoms with Crippen LogP contribution in [0.2, 0.25) is 0 Å². The summed E-state index contributed by atoms with van der Waals surface area (Å²) in [6.07, 6.45) is 0.999. The fraction of sp³-hybridized carbons (Fsp3) is 1.00.